The van der Waals surface area contributed by atoms with Crippen LogP contribution in [0.2, 0.25) is 0 Å². The molecule has 3 heterocycles. The number of amides is 4. The van der Waals surface area contributed by atoms with Gasteiger partial charge in [0.1, 0.15) is 6.04 Å². The lowest BCUT2D eigenvalue weighted by Crippen LogP contribution is -2.40. The Morgan fingerprint density at radius 1 is 1.22 bits per heavy atom. The van der Waals surface area contributed by atoms with Crippen LogP contribution in [-0.2, 0) is 22.4 Å². The predicted octanol–water partition coefficient (Wildman–Crippen LogP) is -0.188. The van der Waals surface area contributed by atoms with Gasteiger partial charge < -0.3 is 10.2 Å². The molecular formula is C15H19N5O3. The first-order chi connectivity index (χ1) is 11.1. The molecule has 23 heavy (non-hydrogen) atoms. The zero-order valence-electron chi connectivity index (χ0n) is 12.7. The van der Waals surface area contributed by atoms with Gasteiger partial charge >= 0.3 is 6.03 Å². The van der Waals surface area contributed by atoms with E-state index in [0.29, 0.717) is 19.0 Å². The fourth-order valence-electron chi connectivity index (χ4n) is 3.36. The van der Waals surface area contributed by atoms with Crippen LogP contribution >= 0.6 is 0 Å². The molecule has 1 aliphatic carbocycles. The number of nitrogens with zero attached hydrogens (tertiary/aromatic N) is 2. The van der Waals surface area contributed by atoms with Crippen LogP contribution in [0.3, 0.4) is 0 Å². The Kier molecular flexibility index (Phi) is 3.32. The van der Waals surface area contributed by atoms with Gasteiger partial charge in [-0.15, -0.1) is 0 Å². The molecule has 8 heteroatoms. The highest BCUT2D eigenvalue weighted by atomic mass is 16.2. The third-order valence-corrected chi connectivity index (χ3v) is 4.80. The van der Waals surface area contributed by atoms with Crippen LogP contribution in [0.25, 0.3) is 0 Å². The van der Waals surface area contributed by atoms with Crippen LogP contribution < -0.4 is 10.6 Å². The number of rotatable bonds is 3. The molecule has 3 N–H and O–H groups in total. The lowest BCUT2D eigenvalue weighted by Gasteiger charge is -2.21. The van der Waals surface area contributed by atoms with Gasteiger partial charge in [0, 0.05) is 31.1 Å². The van der Waals surface area contributed by atoms with Crippen LogP contribution in [0.5, 0.6) is 0 Å². The van der Waals surface area contributed by atoms with Crippen molar-refractivity contribution in [2.24, 2.45) is 0 Å². The lowest BCUT2D eigenvalue weighted by molar-refractivity contribution is -0.133. The van der Waals surface area contributed by atoms with E-state index in [4.69, 9.17) is 0 Å². The van der Waals surface area contributed by atoms with Crippen molar-refractivity contribution < 1.29 is 14.4 Å². The molecule has 2 fully saturated rings. The summed E-state index contributed by atoms with van der Waals surface area (Å²) in [6, 6.07) is -1.28. The molecule has 8 nitrogen and oxygen atoms in total. The van der Waals surface area contributed by atoms with Gasteiger partial charge in [-0.25, -0.2) is 4.79 Å². The number of carbonyl (C=O) groups excluding carboxylic acids is 3. The largest absolute Gasteiger partial charge is 0.342 e. The molecule has 4 rings (SSSR count). The molecule has 1 aromatic heterocycles. The van der Waals surface area contributed by atoms with Gasteiger partial charge in [0.2, 0.25) is 5.91 Å². The van der Waals surface area contributed by atoms with E-state index in [1.165, 1.54) is 24.1 Å². The molecular weight excluding hydrogens is 298 g/mol. The van der Waals surface area contributed by atoms with E-state index in [1.54, 1.807) is 4.90 Å². The zero-order valence-corrected chi connectivity index (χ0v) is 12.7. The SMILES string of the molecule is O=C1NC(=O)C(CC(=O)N2CCc3[nH]nc(C4CC4)c3CC2)N1. The number of carbonyl (C=O) groups is 3. The molecule has 122 valence electrons. The fourth-order valence-corrected chi connectivity index (χ4v) is 3.36. The van der Waals surface area contributed by atoms with E-state index in [9.17, 15) is 14.4 Å². The van der Waals surface area contributed by atoms with E-state index >= 15 is 0 Å². The number of fused-ring (bicyclic) bond motifs is 1. The summed E-state index contributed by atoms with van der Waals surface area (Å²) in [4.78, 5) is 36.9. The molecule has 2 aliphatic heterocycles. The molecule has 1 unspecified atom stereocenters. The highest BCUT2D eigenvalue weighted by Crippen LogP contribution is 2.41. The number of hydrogen-bond donors (Lipinski definition) is 3. The van der Waals surface area contributed by atoms with Crippen molar-refractivity contribution in [1.82, 2.24) is 25.7 Å². The quantitative estimate of drug-likeness (QED) is 0.672. The van der Waals surface area contributed by atoms with Crippen LogP contribution in [0.15, 0.2) is 0 Å². The maximum Gasteiger partial charge on any atom is 0.322 e. The summed E-state index contributed by atoms with van der Waals surface area (Å²) in [6.07, 6.45) is 3.97. The standard InChI is InChI=1S/C15H19N5O3/c21-12(7-11-14(22)17-15(23)16-11)20-5-3-9-10(4-6-20)18-19-13(9)8-1-2-8/h8,11H,1-7H2,(H,18,19)(H2,16,17,22,23). The predicted molar refractivity (Wildman–Crippen MR) is 79.6 cm³/mol. The topological polar surface area (TPSA) is 107 Å². The smallest absolute Gasteiger partial charge is 0.322 e. The Morgan fingerprint density at radius 3 is 2.70 bits per heavy atom. The summed E-state index contributed by atoms with van der Waals surface area (Å²) in [7, 11) is 0. The minimum Gasteiger partial charge on any atom is -0.342 e. The number of aromatic nitrogens is 2. The molecule has 1 saturated carbocycles. The molecule has 1 atom stereocenters. The summed E-state index contributed by atoms with van der Waals surface area (Å²) in [6.45, 7) is 1.24. The second-order valence-corrected chi connectivity index (χ2v) is 6.44. The Labute approximate surface area is 133 Å². The third-order valence-electron chi connectivity index (χ3n) is 4.80. The average molecular weight is 317 g/mol. The maximum absolute atomic E-state index is 12.4. The Balaban J connectivity index is 1.40. The molecule has 4 amide bonds. The number of H-pyrrole nitrogens is 1. The minimum atomic E-state index is -0.750. The lowest BCUT2D eigenvalue weighted by atomic mass is 10.1. The van der Waals surface area contributed by atoms with Crippen molar-refractivity contribution in [3.8, 4) is 0 Å². The van der Waals surface area contributed by atoms with E-state index in [0.717, 1.165) is 18.5 Å². The fraction of sp³-hybridized carbons (Fsp3) is 0.600. The highest BCUT2D eigenvalue weighted by Gasteiger charge is 2.34. The summed E-state index contributed by atoms with van der Waals surface area (Å²) < 4.78 is 0. The normalized spacial score (nSPS) is 24.0. The highest BCUT2D eigenvalue weighted by molar-refractivity contribution is 6.05. The van der Waals surface area contributed by atoms with Gasteiger partial charge in [-0.1, -0.05) is 0 Å². The van der Waals surface area contributed by atoms with Crippen molar-refractivity contribution in [2.45, 2.75) is 44.1 Å². The second-order valence-electron chi connectivity index (χ2n) is 6.44. The third kappa shape index (κ3) is 2.69. The summed E-state index contributed by atoms with van der Waals surface area (Å²) in [5, 5.41) is 12.2. The van der Waals surface area contributed by atoms with Crippen LogP contribution in [0.4, 0.5) is 4.79 Å². The van der Waals surface area contributed by atoms with E-state index in [-0.39, 0.29) is 12.3 Å². The second kappa shape index (κ2) is 5.36. The van der Waals surface area contributed by atoms with Crippen molar-refractivity contribution in [1.29, 1.82) is 0 Å². The van der Waals surface area contributed by atoms with Gasteiger partial charge in [0.15, 0.2) is 0 Å². The van der Waals surface area contributed by atoms with Gasteiger partial charge in [0.05, 0.1) is 12.1 Å². The van der Waals surface area contributed by atoms with Crippen LogP contribution in [-0.4, -0.2) is 52.1 Å². The molecule has 0 aromatic carbocycles. The Bertz CT molecular complexity index is 679. The van der Waals surface area contributed by atoms with Gasteiger partial charge in [-0.3, -0.25) is 20.0 Å². The van der Waals surface area contributed by atoms with Gasteiger partial charge in [-0.05, 0) is 24.8 Å². The summed E-state index contributed by atoms with van der Waals surface area (Å²) in [5.74, 6) is 0.0664. The Morgan fingerprint density at radius 2 is 2.00 bits per heavy atom. The van der Waals surface area contributed by atoms with Crippen molar-refractivity contribution >= 4 is 17.8 Å². The summed E-state index contributed by atoms with van der Waals surface area (Å²) in [5.41, 5.74) is 3.58. The molecule has 1 aromatic rings. The van der Waals surface area contributed by atoms with E-state index in [2.05, 4.69) is 20.8 Å². The monoisotopic (exact) mass is 317 g/mol. The number of urea groups is 1. The number of hydrogen-bond acceptors (Lipinski definition) is 4. The number of nitrogens with one attached hydrogen (secondary N) is 3. The summed E-state index contributed by atoms with van der Waals surface area (Å²) >= 11 is 0. The first-order valence-corrected chi connectivity index (χ1v) is 8.07. The van der Waals surface area contributed by atoms with E-state index < -0.39 is 18.0 Å². The first kappa shape index (κ1) is 14.2. The molecule has 0 radical (unpaired) electrons. The number of imide groups is 1. The van der Waals surface area contributed by atoms with Gasteiger partial charge in [0.25, 0.3) is 5.91 Å². The van der Waals surface area contributed by atoms with Crippen LogP contribution in [0, 0.1) is 0 Å². The number of aromatic amines is 1. The first-order valence-electron chi connectivity index (χ1n) is 8.07. The van der Waals surface area contributed by atoms with E-state index in [1.807, 2.05) is 0 Å². The molecule has 1 saturated heterocycles. The minimum absolute atomic E-state index is 0.0131. The van der Waals surface area contributed by atoms with Crippen LogP contribution in [0.1, 0.15) is 42.1 Å². The van der Waals surface area contributed by atoms with Gasteiger partial charge in [-0.2, -0.15) is 5.10 Å². The zero-order chi connectivity index (χ0) is 16.0. The van der Waals surface area contributed by atoms with Crippen molar-refractivity contribution in [3.63, 3.8) is 0 Å². The maximum atomic E-state index is 12.4. The Hall–Kier alpha value is -2.38. The molecule has 0 spiro atoms. The van der Waals surface area contributed by atoms with Crippen molar-refractivity contribution in [3.05, 3.63) is 17.0 Å². The average Bonchev–Trinajstić information content (AvgIpc) is 3.25. The molecule has 3 aliphatic rings. The molecule has 0 bridgehead atoms. The van der Waals surface area contributed by atoms with Crippen molar-refractivity contribution in [2.75, 3.05) is 13.1 Å².